The Labute approximate surface area is 149 Å². The summed E-state index contributed by atoms with van der Waals surface area (Å²) in [4.78, 5) is 14.8. The zero-order valence-electron chi connectivity index (χ0n) is 14.7. The van der Waals surface area contributed by atoms with Gasteiger partial charge in [-0.25, -0.2) is 0 Å². The Hall–Kier alpha value is -2.17. The summed E-state index contributed by atoms with van der Waals surface area (Å²) >= 11 is 0. The molecule has 1 unspecified atom stereocenters. The van der Waals surface area contributed by atoms with Crippen molar-refractivity contribution in [2.24, 2.45) is 0 Å². The second kappa shape index (κ2) is 8.28. The Morgan fingerprint density at radius 2 is 1.88 bits per heavy atom. The smallest absolute Gasteiger partial charge is 0.227 e. The van der Waals surface area contributed by atoms with Crippen molar-refractivity contribution >= 4 is 11.6 Å². The number of aliphatic hydroxyl groups excluding tert-OH is 1. The second-order valence-electron chi connectivity index (χ2n) is 6.81. The molecule has 0 aromatic heterocycles. The van der Waals surface area contributed by atoms with E-state index in [2.05, 4.69) is 28.4 Å². The zero-order valence-corrected chi connectivity index (χ0v) is 14.7. The molecule has 132 valence electrons. The lowest BCUT2D eigenvalue weighted by Gasteiger charge is -2.17. The number of hydrogen-bond donors (Lipinski definition) is 2. The summed E-state index contributed by atoms with van der Waals surface area (Å²) < 4.78 is 0. The van der Waals surface area contributed by atoms with Crippen LogP contribution >= 0.6 is 0 Å². The topological polar surface area (TPSA) is 52.6 Å². The Kier molecular flexibility index (Phi) is 5.84. The second-order valence-corrected chi connectivity index (χ2v) is 6.81. The number of likely N-dealkylation sites (tertiary alicyclic amines) is 1. The van der Waals surface area contributed by atoms with Crippen LogP contribution in [-0.2, 0) is 11.3 Å². The van der Waals surface area contributed by atoms with Crippen LogP contribution < -0.4 is 5.32 Å². The molecular weight excluding hydrogens is 312 g/mol. The van der Waals surface area contributed by atoms with Crippen molar-refractivity contribution in [2.45, 2.75) is 38.8 Å². The summed E-state index contributed by atoms with van der Waals surface area (Å²) in [6.45, 7) is 5.22. The minimum Gasteiger partial charge on any atom is -0.388 e. The van der Waals surface area contributed by atoms with Crippen LogP contribution in [0.4, 0.5) is 5.69 Å². The predicted molar refractivity (Wildman–Crippen MR) is 100 cm³/mol. The highest BCUT2D eigenvalue weighted by atomic mass is 16.3. The molecule has 1 atom stereocenters. The number of nitrogens with zero attached hydrogens (tertiary/aromatic N) is 1. The minimum atomic E-state index is -0.783. The summed E-state index contributed by atoms with van der Waals surface area (Å²) in [6.07, 6.45) is 1.81. The van der Waals surface area contributed by atoms with Gasteiger partial charge in [0, 0.05) is 12.2 Å². The van der Waals surface area contributed by atoms with Crippen LogP contribution in [0.2, 0.25) is 0 Å². The van der Waals surface area contributed by atoms with Gasteiger partial charge in [-0.15, -0.1) is 0 Å². The van der Waals surface area contributed by atoms with Gasteiger partial charge in [0.1, 0.15) is 0 Å². The molecule has 0 radical (unpaired) electrons. The van der Waals surface area contributed by atoms with Crippen LogP contribution in [0.15, 0.2) is 48.5 Å². The molecule has 1 heterocycles. The molecule has 0 saturated carbocycles. The molecule has 3 rings (SSSR count). The number of carbonyl (C=O) groups is 1. The largest absolute Gasteiger partial charge is 0.388 e. The van der Waals surface area contributed by atoms with E-state index in [1.54, 1.807) is 0 Å². The van der Waals surface area contributed by atoms with Gasteiger partial charge in [-0.05, 0) is 55.6 Å². The third kappa shape index (κ3) is 4.91. The average molecular weight is 338 g/mol. The fourth-order valence-electron chi connectivity index (χ4n) is 3.27. The maximum Gasteiger partial charge on any atom is 0.227 e. The van der Waals surface area contributed by atoms with Crippen molar-refractivity contribution < 1.29 is 9.90 Å². The lowest BCUT2D eigenvalue weighted by Crippen LogP contribution is -2.19. The first kappa shape index (κ1) is 17.6. The van der Waals surface area contributed by atoms with E-state index in [9.17, 15) is 9.90 Å². The van der Waals surface area contributed by atoms with Crippen LogP contribution in [0.25, 0.3) is 0 Å². The van der Waals surface area contributed by atoms with Crippen LogP contribution in [0, 0.1) is 6.92 Å². The minimum absolute atomic E-state index is 0.0554. The lowest BCUT2D eigenvalue weighted by molar-refractivity contribution is -0.118. The molecule has 2 N–H and O–H groups in total. The van der Waals surface area contributed by atoms with Gasteiger partial charge < -0.3 is 10.4 Å². The van der Waals surface area contributed by atoms with Gasteiger partial charge in [0.25, 0.3) is 0 Å². The van der Waals surface area contributed by atoms with Crippen molar-refractivity contribution in [1.29, 1.82) is 0 Å². The van der Waals surface area contributed by atoms with E-state index in [0.29, 0.717) is 0 Å². The molecule has 1 aliphatic rings. The summed E-state index contributed by atoms with van der Waals surface area (Å²) in [6, 6.07) is 15.5. The highest BCUT2D eigenvalue weighted by Gasteiger charge is 2.15. The first-order valence-corrected chi connectivity index (χ1v) is 8.96. The molecule has 1 saturated heterocycles. The Bertz CT molecular complexity index is 709. The first-order chi connectivity index (χ1) is 12.1. The maximum atomic E-state index is 12.3. The molecule has 2 aromatic rings. The molecular formula is C21H26N2O2. The highest BCUT2D eigenvalue weighted by molar-refractivity contribution is 5.92. The van der Waals surface area contributed by atoms with E-state index < -0.39 is 6.10 Å². The van der Waals surface area contributed by atoms with E-state index in [-0.39, 0.29) is 12.3 Å². The van der Waals surface area contributed by atoms with E-state index in [1.165, 1.54) is 18.4 Å². The van der Waals surface area contributed by atoms with Gasteiger partial charge >= 0.3 is 0 Å². The molecule has 0 spiro atoms. The predicted octanol–water partition coefficient (Wildman–Crippen LogP) is 3.65. The van der Waals surface area contributed by atoms with Gasteiger partial charge in [-0.2, -0.15) is 0 Å². The summed E-state index contributed by atoms with van der Waals surface area (Å²) in [5, 5.41) is 13.2. The SMILES string of the molecule is Cc1ccc(CN2CCCC2)cc1NC(=O)CC(O)c1ccccc1. The third-order valence-electron chi connectivity index (χ3n) is 4.74. The molecule has 1 aliphatic heterocycles. The van der Waals surface area contributed by atoms with Gasteiger partial charge in [0.15, 0.2) is 0 Å². The molecule has 4 heteroatoms. The number of nitrogens with one attached hydrogen (secondary N) is 1. The number of amides is 1. The number of benzene rings is 2. The molecule has 4 nitrogen and oxygen atoms in total. The number of aryl methyl sites for hydroxylation is 1. The Morgan fingerprint density at radius 1 is 1.16 bits per heavy atom. The van der Waals surface area contributed by atoms with Crippen LogP contribution in [0.3, 0.4) is 0 Å². The monoisotopic (exact) mass is 338 g/mol. The molecule has 1 amide bonds. The number of carbonyl (C=O) groups excluding carboxylic acids is 1. The van der Waals surface area contributed by atoms with Gasteiger partial charge in [0.05, 0.1) is 12.5 Å². The van der Waals surface area contributed by atoms with Crippen molar-refractivity contribution in [3.63, 3.8) is 0 Å². The number of hydrogen-bond acceptors (Lipinski definition) is 3. The molecule has 0 aliphatic carbocycles. The fraction of sp³-hybridized carbons (Fsp3) is 0.381. The van der Waals surface area contributed by atoms with Crippen LogP contribution in [0.1, 0.15) is 42.1 Å². The Morgan fingerprint density at radius 3 is 2.60 bits per heavy atom. The van der Waals surface area contributed by atoms with Crippen LogP contribution in [-0.4, -0.2) is 29.0 Å². The summed E-state index contributed by atoms with van der Waals surface area (Å²) in [7, 11) is 0. The lowest BCUT2D eigenvalue weighted by atomic mass is 10.1. The summed E-state index contributed by atoms with van der Waals surface area (Å²) in [5.74, 6) is -0.169. The van der Waals surface area contributed by atoms with Gasteiger partial charge in [-0.1, -0.05) is 42.5 Å². The highest BCUT2D eigenvalue weighted by Crippen LogP contribution is 2.22. The number of anilines is 1. The van der Waals surface area contributed by atoms with Crippen LogP contribution in [0.5, 0.6) is 0 Å². The number of rotatable bonds is 6. The fourth-order valence-corrected chi connectivity index (χ4v) is 3.27. The normalized spacial score (nSPS) is 15.9. The Balaban J connectivity index is 1.62. The van der Waals surface area contributed by atoms with Crippen molar-refractivity contribution in [1.82, 2.24) is 4.90 Å². The van der Waals surface area contributed by atoms with Crippen molar-refractivity contribution in [3.05, 3.63) is 65.2 Å². The van der Waals surface area contributed by atoms with E-state index >= 15 is 0 Å². The first-order valence-electron chi connectivity index (χ1n) is 8.96. The third-order valence-corrected chi connectivity index (χ3v) is 4.74. The van der Waals surface area contributed by atoms with E-state index in [4.69, 9.17) is 0 Å². The molecule has 25 heavy (non-hydrogen) atoms. The van der Waals surface area contributed by atoms with E-state index in [0.717, 1.165) is 36.4 Å². The molecule has 1 fully saturated rings. The van der Waals surface area contributed by atoms with Crippen molar-refractivity contribution in [2.75, 3.05) is 18.4 Å². The number of aliphatic hydroxyl groups is 1. The van der Waals surface area contributed by atoms with Crippen molar-refractivity contribution in [3.8, 4) is 0 Å². The van der Waals surface area contributed by atoms with Gasteiger partial charge in [-0.3, -0.25) is 9.69 Å². The zero-order chi connectivity index (χ0) is 17.6. The average Bonchev–Trinajstić information content (AvgIpc) is 3.11. The maximum absolute atomic E-state index is 12.3. The van der Waals surface area contributed by atoms with Gasteiger partial charge in [0.2, 0.25) is 5.91 Å². The summed E-state index contributed by atoms with van der Waals surface area (Å²) in [5.41, 5.74) is 3.85. The molecule has 0 bridgehead atoms. The quantitative estimate of drug-likeness (QED) is 0.845. The standard InChI is InChI=1S/C21H26N2O2/c1-16-9-10-17(15-23-11-5-6-12-23)13-19(16)22-21(25)14-20(24)18-7-3-2-4-8-18/h2-4,7-10,13,20,24H,5-6,11-12,14-15H2,1H3,(H,22,25). The molecule has 2 aromatic carbocycles. The van der Waals surface area contributed by atoms with E-state index in [1.807, 2.05) is 37.3 Å².